The second kappa shape index (κ2) is 12.7. The first-order valence-electron chi connectivity index (χ1n) is 19.3. The lowest BCUT2D eigenvalue weighted by Gasteiger charge is -2.30. The number of rotatable bonds is 5. The topological polar surface area (TPSA) is 55.1 Å². The van der Waals surface area contributed by atoms with E-state index in [0.29, 0.717) is 17.5 Å². The second-order valence-corrected chi connectivity index (χ2v) is 15.8. The molecular formula is C51H32N4OS. The summed E-state index contributed by atoms with van der Waals surface area (Å²) in [5.74, 6) is 2.88. The Labute approximate surface area is 332 Å². The fraction of sp³-hybridized carbons (Fsp3) is 0.0392. The molecule has 4 heterocycles. The van der Waals surface area contributed by atoms with Gasteiger partial charge in [0.05, 0.1) is 6.04 Å². The van der Waals surface area contributed by atoms with Gasteiger partial charge in [0, 0.05) is 65.1 Å². The number of hydrogen-bond acceptors (Lipinski definition) is 6. The van der Waals surface area contributed by atoms with Gasteiger partial charge in [-0.1, -0.05) is 121 Å². The van der Waals surface area contributed by atoms with Gasteiger partial charge in [-0.15, -0.1) is 11.3 Å². The smallest absolute Gasteiger partial charge is 0.164 e. The van der Waals surface area contributed by atoms with Crippen LogP contribution in [0.4, 0.5) is 11.4 Å². The normalized spacial score (nSPS) is 15.6. The summed E-state index contributed by atoms with van der Waals surface area (Å²) in [5.41, 5.74) is 10.8. The summed E-state index contributed by atoms with van der Waals surface area (Å²) in [5, 5.41) is 3.55. The molecule has 268 valence electrons. The summed E-state index contributed by atoms with van der Waals surface area (Å²) in [6, 6.07) is 60.0. The zero-order valence-corrected chi connectivity index (χ0v) is 31.4. The number of fused-ring (bicyclic) bond motifs is 10. The van der Waals surface area contributed by atoms with Crippen molar-refractivity contribution in [3.63, 3.8) is 0 Å². The van der Waals surface area contributed by atoms with Crippen LogP contribution in [0.15, 0.2) is 180 Å². The van der Waals surface area contributed by atoms with Crippen LogP contribution in [0, 0.1) is 0 Å². The van der Waals surface area contributed by atoms with Crippen LogP contribution in [0.5, 0.6) is 0 Å². The number of benzene rings is 7. The third-order valence-electron chi connectivity index (χ3n) is 11.5. The fourth-order valence-corrected chi connectivity index (χ4v) is 9.98. The molecule has 0 amide bonds. The van der Waals surface area contributed by atoms with Crippen molar-refractivity contribution in [3.05, 3.63) is 193 Å². The number of furan rings is 1. The number of anilines is 2. The number of aromatic nitrogens is 3. The summed E-state index contributed by atoms with van der Waals surface area (Å²) in [4.78, 5) is 18.0. The molecule has 0 N–H and O–H groups in total. The van der Waals surface area contributed by atoms with Crippen LogP contribution in [-0.4, -0.2) is 21.0 Å². The van der Waals surface area contributed by atoms with Crippen molar-refractivity contribution in [2.24, 2.45) is 0 Å². The van der Waals surface area contributed by atoms with Gasteiger partial charge in [0.1, 0.15) is 11.3 Å². The van der Waals surface area contributed by atoms with E-state index in [4.69, 9.17) is 19.4 Å². The zero-order chi connectivity index (χ0) is 37.5. The first-order chi connectivity index (χ1) is 28.2. The van der Waals surface area contributed by atoms with Crippen LogP contribution < -0.4 is 4.90 Å². The highest BCUT2D eigenvalue weighted by atomic mass is 32.1. The molecule has 0 bridgehead atoms. The molecule has 0 spiro atoms. The van der Waals surface area contributed by atoms with Crippen molar-refractivity contribution in [1.29, 1.82) is 0 Å². The van der Waals surface area contributed by atoms with Gasteiger partial charge in [0.25, 0.3) is 0 Å². The minimum Gasteiger partial charge on any atom is -0.456 e. The molecule has 1 aliphatic heterocycles. The SMILES string of the molecule is C1=CC2C(c3ccccc3N2c2ccccc2)c2c1oc1cc(-c3nc(-c4cccc(-c5ccccc5)c4)nc(-c4ccc5sc6ccccc6c5c4)n3)ccc21. The lowest BCUT2D eigenvalue weighted by molar-refractivity contribution is 0.584. The predicted octanol–water partition coefficient (Wildman–Crippen LogP) is 13.3. The molecule has 2 unspecified atom stereocenters. The van der Waals surface area contributed by atoms with E-state index in [1.54, 1.807) is 0 Å². The second-order valence-electron chi connectivity index (χ2n) is 14.7. The molecule has 0 radical (unpaired) electrons. The van der Waals surface area contributed by atoms with Crippen molar-refractivity contribution < 1.29 is 4.42 Å². The van der Waals surface area contributed by atoms with Gasteiger partial charge in [0.15, 0.2) is 17.5 Å². The Kier molecular flexibility index (Phi) is 7.16. The predicted molar refractivity (Wildman–Crippen MR) is 234 cm³/mol. The van der Waals surface area contributed by atoms with E-state index in [1.165, 1.54) is 42.7 Å². The first kappa shape index (κ1) is 32.1. The van der Waals surface area contributed by atoms with Crippen LogP contribution >= 0.6 is 11.3 Å². The van der Waals surface area contributed by atoms with Crippen LogP contribution in [-0.2, 0) is 0 Å². The lowest BCUT2D eigenvalue weighted by atomic mass is 9.82. The molecule has 3 aromatic heterocycles. The standard InChI is InChI=1S/C51H32N4OS/c1-3-12-31(13-4-1)32-14-11-15-33(28-32)49-52-50(34-23-27-46-40(29-34)37-18-8-10-21-45(37)57-46)54-51(53-49)35-22-24-39-44(30-35)56-43-26-25-42-47(48(39)43)38-19-7-9-20-41(38)55(42)36-16-5-2-6-17-36/h1-30,42,47H. The lowest BCUT2D eigenvalue weighted by Crippen LogP contribution is -2.30. The van der Waals surface area contributed by atoms with Crippen molar-refractivity contribution in [2.45, 2.75) is 12.0 Å². The van der Waals surface area contributed by atoms with E-state index in [1.807, 2.05) is 17.4 Å². The maximum Gasteiger partial charge on any atom is 0.164 e. The van der Waals surface area contributed by atoms with Gasteiger partial charge in [0.2, 0.25) is 0 Å². The highest BCUT2D eigenvalue weighted by Gasteiger charge is 2.43. The van der Waals surface area contributed by atoms with Gasteiger partial charge in [-0.05, 0) is 77.4 Å². The number of para-hydroxylation sites is 2. The molecule has 12 rings (SSSR count). The summed E-state index contributed by atoms with van der Waals surface area (Å²) < 4.78 is 9.22. The van der Waals surface area contributed by atoms with E-state index in [0.717, 1.165) is 44.5 Å². The molecule has 0 saturated carbocycles. The average Bonchev–Trinajstić information content (AvgIpc) is 3.95. The highest BCUT2D eigenvalue weighted by Crippen LogP contribution is 2.53. The summed E-state index contributed by atoms with van der Waals surface area (Å²) in [6.07, 6.45) is 4.45. The minimum atomic E-state index is 0.129. The minimum absolute atomic E-state index is 0.129. The average molecular weight is 749 g/mol. The quantitative estimate of drug-likeness (QED) is 0.175. The molecule has 1 aliphatic carbocycles. The molecule has 6 heteroatoms. The van der Waals surface area contributed by atoms with Crippen molar-refractivity contribution in [2.75, 3.05) is 4.90 Å². The summed E-state index contributed by atoms with van der Waals surface area (Å²) in [7, 11) is 0. The van der Waals surface area contributed by atoms with E-state index in [2.05, 4.69) is 181 Å². The Morgan fingerprint density at radius 3 is 1.98 bits per heavy atom. The molecular weight excluding hydrogens is 717 g/mol. The number of thiophene rings is 1. The fourth-order valence-electron chi connectivity index (χ4n) is 8.89. The summed E-state index contributed by atoms with van der Waals surface area (Å²) in [6.45, 7) is 0. The van der Waals surface area contributed by atoms with Crippen molar-refractivity contribution >= 4 is 59.9 Å². The van der Waals surface area contributed by atoms with Crippen LogP contribution in [0.1, 0.15) is 22.8 Å². The van der Waals surface area contributed by atoms with E-state index < -0.39 is 0 Å². The Hall–Kier alpha value is -7.15. The van der Waals surface area contributed by atoms with Crippen molar-refractivity contribution in [1.82, 2.24) is 15.0 Å². The van der Waals surface area contributed by atoms with Crippen LogP contribution in [0.3, 0.4) is 0 Å². The van der Waals surface area contributed by atoms with Crippen LogP contribution in [0.2, 0.25) is 0 Å². The molecule has 7 aromatic carbocycles. The zero-order valence-electron chi connectivity index (χ0n) is 30.6. The monoisotopic (exact) mass is 748 g/mol. The van der Waals surface area contributed by atoms with E-state index >= 15 is 0 Å². The number of hydrogen-bond donors (Lipinski definition) is 0. The summed E-state index contributed by atoms with van der Waals surface area (Å²) >= 11 is 1.81. The maximum atomic E-state index is 6.72. The molecule has 5 nitrogen and oxygen atoms in total. The molecule has 0 fully saturated rings. The Morgan fingerprint density at radius 2 is 1.14 bits per heavy atom. The Balaban J connectivity index is 1.00. The van der Waals surface area contributed by atoms with Crippen molar-refractivity contribution in [3.8, 4) is 45.3 Å². The number of nitrogens with zero attached hydrogens (tertiary/aromatic N) is 4. The molecule has 0 saturated heterocycles. The molecule has 57 heavy (non-hydrogen) atoms. The van der Waals surface area contributed by atoms with Gasteiger partial charge in [-0.3, -0.25) is 0 Å². The molecule has 10 aromatic rings. The maximum absolute atomic E-state index is 6.72. The molecule has 2 atom stereocenters. The van der Waals surface area contributed by atoms with Gasteiger partial charge >= 0.3 is 0 Å². The Morgan fingerprint density at radius 1 is 0.491 bits per heavy atom. The van der Waals surface area contributed by atoms with Gasteiger partial charge in [-0.2, -0.15) is 0 Å². The van der Waals surface area contributed by atoms with Gasteiger partial charge in [-0.25, -0.2) is 15.0 Å². The van der Waals surface area contributed by atoms with E-state index in [-0.39, 0.29) is 12.0 Å². The van der Waals surface area contributed by atoms with Gasteiger partial charge < -0.3 is 9.32 Å². The third-order valence-corrected chi connectivity index (χ3v) is 12.6. The largest absolute Gasteiger partial charge is 0.456 e. The third kappa shape index (κ3) is 5.18. The molecule has 2 aliphatic rings. The van der Waals surface area contributed by atoms with Crippen LogP contribution in [0.25, 0.3) is 82.5 Å². The first-order valence-corrected chi connectivity index (χ1v) is 20.1. The van der Waals surface area contributed by atoms with E-state index in [9.17, 15) is 0 Å². The Bertz CT molecular complexity index is 3220. The highest BCUT2D eigenvalue weighted by molar-refractivity contribution is 7.25.